The van der Waals surface area contributed by atoms with Crippen molar-refractivity contribution in [3.8, 4) is 0 Å². The number of carbonyl (C=O) groups excluding carboxylic acids is 1. The summed E-state index contributed by atoms with van der Waals surface area (Å²) in [6.07, 6.45) is -0.738. The van der Waals surface area contributed by atoms with Crippen molar-refractivity contribution in [1.29, 1.82) is 0 Å². The fraction of sp³-hybridized carbons (Fsp3) is 0.125. The lowest BCUT2D eigenvalue weighted by Crippen LogP contribution is -2.09. The Labute approximate surface area is 87.3 Å². The van der Waals surface area contributed by atoms with E-state index in [1.54, 1.807) is 0 Å². The maximum absolute atomic E-state index is 12.2. The highest BCUT2D eigenvalue weighted by Gasteiger charge is 2.23. The van der Waals surface area contributed by atoms with Crippen molar-refractivity contribution >= 4 is 28.4 Å². The monoisotopic (exact) mass is 231 g/mol. The van der Waals surface area contributed by atoms with Crippen molar-refractivity contribution in [2.75, 3.05) is 0 Å². The number of carbonyl (C=O) groups is 1. The van der Waals surface area contributed by atoms with E-state index in [2.05, 4.69) is 15.0 Å². The van der Waals surface area contributed by atoms with Crippen LogP contribution in [0.1, 0.15) is 10.4 Å². The third kappa shape index (κ3) is 1.56. The van der Waals surface area contributed by atoms with Crippen molar-refractivity contribution in [3.05, 3.63) is 23.2 Å². The van der Waals surface area contributed by atoms with E-state index in [0.717, 1.165) is 6.20 Å². The maximum atomic E-state index is 12.2. The van der Waals surface area contributed by atoms with Crippen LogP contribution in [0.4, 0.5) is 8.78 Å². The van der Waals surface area contributed by atoms with E-state index in [-0.39, 0.29) is 21.7 Å². The molecule has 1 N–H and O–H groups in total. The van der Waals surface area contributed by atoms with Gasteiger partial charge in [0.05, 0.1) is 10.9 Å². The molecule has 2 aromatic rings. The molecule has 2 rings (SSSR count). The molecular formula is C8H4ClF2N3O. The molecule has 0 aliphatic carbocycles. The number of ketones is 1. The largest absolute Gasteiger partial charge is 0.345 e. The summed E-state index contributed by atoms with van der Waals surface area (Å²) in [5.41, 5.74) is 0.0737. The molecule has 0 radical (unpaired) electrons. The number of rotatable bonds is 2. The van der Waals surface area contributed by atoms with Crippen LogP contribution in [0.2, 0.25) is 5.15 Å². The Bertz CT molecular complexity index is 526. The summed E-state index contributed by atoms with van der Waals surface area (Å²) in [5.74, 6) is -1.29. The number of aromatic nitrogens is 3. The second-order valence-corrected chi connectivity index (χ2v) is 3.11. The average Bonchev–Trinajstić information content (AvgIpc) is 2.61. The van der Waals surface area contributed by atoms with Gasteiger partial charge < -0.3 is 4.98 Å². The highest BCUT2D eigenvalue weighted by molar-refractivity contribution is 6.35. The number of hydrogen-bond donors (Lipinski definition) is 1. The van der Waals surface area contributed by atoms with Gasteiger partial charge in [0.2, 0.25) is 5.78 Å². The van der Waals surface area contributed by atoms with Crippen LogP contribution in [-0.4, -0.2) is 27.2 Å². The molecular weight excluding hydrogens is 228 g/mol. The number of Topliss-reactive ketones (excluding diaryl/α,β-unsaturated/α-hetero) is 1. The molecule has 4 nitrogen and oxygen atoms in total. The molecule has 0 aromatic carbocycles. The number of alkyl halides is 2. The van der Waals surface area contributed by atoms with E-state index in [9.17, 15) is 13.6 Å². The van der Waals surface area contributed by atoms with Crippen LogP contribution in [0.15, 0.2) is 12.5 Å². The van der Waals surface area contributed by atoms with Gasteiger partial charge in [-0.1, -0.05) is 11.6 Å². The Morgan fingerprint density at radius 1 is 1.47 bits per heavy atom. The van der Waals surface area contributed by atoms with Crippen LogP contribution in [0.25, 0.3) is 11.0 Å². The van der Waals surface area contributed by atoms with Crippen LogP contribution in [0, 0.1) is 0 Å². The standard InChI is InChI=1S/C8H4ClF2N3O/c9-6-4-3(5(15)7(10)11)1-12-8(4)14-2-13-6/h1-2,7H,(H,12,13,14). The van der Waals surface area contributed by atoms with Gasteiger partial charge in [-0.15, -0.1) is 0 Å². The van der Waals surface area contributed by atoms with Crippen LogP contribution in [0.3, 0.4) is 0 Å². The molecule has 0 fully saturated rings. The molecule has 0 saturated heterocycles. The maximum Gasteiger partial charge on any atom is 0.300 e. The summed E-state index contributed by atoms with van der Waals surface area (Å²) < 4.78 is 24.4. The van der Waals surface area contributed by atoms with E-state index in [4.69, 9.17) is 11.6 Å². The summed E-state index contributed by atoms with van der Waals surface area (Å²) in [7, 11) is 0. The lowest BCUT2D eigenvalue weighted by molar-refractivity contribution is 0.0680. The minimum absolute atomic E-state index is 0.0229. The first-order valence-corrected chi connectivity index (χ1v) is 4.29. The quantitative estimate of drug-likeness (QED) is 0.636. The van der Waals surface area contributed by atoms with Crippen molar-refractivity contribution in [2.24, 2.45) is 0 Å². The number of nitrogens with zero attached hydrogens (tertiary/aromatic N) is 2. The molecule has 78 valence electrons. The predicted molar refractivity (Wildman–Crippen MR) is 49.2 cm³/mol. The van der Waals surface area contributed by atoms with Gasteiger partial charge in [-0.2, -0.15) is 0 Å². The first kappa shape index (κ1) is 9.97. The second-order valence-electron chi connectivity index (χ2n) is 2.76. The lowest BCUT2D eigenvalue weighted by Gasteiger charge is -1.97. The summed E-state index contributed by atoms with van der Waals surface area (Å²) in [6, 6.07) is 0. The lowest BCUT2D eigenvalue weighted by atomic mass is 10.2. The SMILES string of the molecule is O=C(c1c[nH]c2ncnc(Cl)c12)C(F)F. The van der Waals surface area contributed by atoms with Gasteiger partial charge in [0, 0.05) is 6.20 Å². The molecule has 0 amide bonds. The fourth-order valence-electron chi connectivity index (χ4n) is 1.24. The predicted octanol–water partition coefficient (Wildman–Crippen LogP) is 2.06. The van der Waals surface area contributed by atoms with Gasteiger partial charge in [0.15, 0.2) is 0 Å². The third-order valence-electron chi connectivity index (χ3n) is 1.89. The Balaban J connectivity index is 2.67. The zero-order valence-corrected chi connectivity index (χ0v) is 7.92. The van der Waals surface area contributed by atoms with E-state index in [0.29, 0.717) is 0 Å². The molecule has 2 aromatic heterocycles. The van der Waals surface area contributed by atoms with Crippen LogP contribution in [0.5, 0.6) is 0 Å². The molecule has 0 saturated carbocycles. The first-order chi connectivity index (χ1) is 7.11. The smallest absolute Gasteiger partial charge is 0.300 e. The van der Waals surface area contributed by atoms with Gasteiger partial charge in [0.1, 0.15) is 17.1 Å². The topological polar surface area (TPSA) is 58.6 Å². The molecule has 0 aliphatic rings. The summed E-state index contributed by atoms with van der Waals surface area (Å²) in [4.78, 5) is 21.0. The minimum Gasteiger partial charge on any atom is -0.345 e. The molecule has 2 heterocycles. The van der Waals surface area contributed by atoms with Crippen LogP contribution >= 0.6 is 11.6 Å². The highest BCUT2D eigenvalue weighted by Crippen LogP contribution is 2.24. The van der Waals surface area contributed by atoms with Crippen molar-refractivity contribution in [3.63, 3.8) is 0 Å². The number of halogens is 3. The molecule has 0 aliphatic heterocycles. The second kappa shape index (κ2) is 3.54. The number of fused-ring (bicyclic) bond motifs is 1. The molecule has 0 atom stereocenters. The average molecular weight is 232 g/mol. The fourth-order valence-corrected chi connectivity index (χ4v) is 1.47. The number of H-pyrrole nitrogens is 1. The molecule has 0 spiro atoms. The van der Waals surface area contributed by atoms with Gasteiger partial charge >= 0.3 is 6.43 Å². The van der Waals surface area contributed by atoms with Gasteiger partial charge in [-0.25, -0.2) is 18.7 Å². The Hall–Kier alpha value is -1.56. The minimum atomic E-state index is -3.07. The summed E-state index contributed by atoms with van der Waals surface area (Å²) in [5, 5.41) is 0.106. The molecule has 15 heavy (non-hydrogen) atoms. The zero-order valence-electron chi connectivity index (χ0n) is 7.17. The van der Waals surface area contributed by atoms with E-state index < -0.39 is 12.2 Å². The van der Waals surface area contributed by atoms with Crippen molar-refractivity contribution < 1.29 is 13.6 Å². The van der Waals surface area contributed by atoms with E-state index in [1.165, 1.54) is 6.33 Å². The Morgan fingerprint density at radius 2 is 2.20 bits per heavy atom. The Morgan fingerprint density at radius 3 is 2.87 bits per heavy atom. The summed E-state index contributed by atoms with van der Waals surface area (Å²) >= 11 is 5.68. The van der Waals surface area contributed by atoms with Crippen LogP contribution in [-0.2, 0) is 0 Å². The van der Waals surface area contributed by atoms with Gasteiger partial charge in [0.25, 0.3) is 0 Å². The number of aromatic amines is 1. The van der Waals surface area contributed by atoms with Crippen LogP contribution < -0.4 is 0 Å². The van der Waals surface area contributed by atoms with E-state index in [1.807, 2.05) is 0 Å². The summed E-state index contributed by atoms with van der Waals surface area (Å²) in [6.45, 7) is 0. The number of nitrogens with one attached hydrogen (secondary N) is 1. The number of hydrogen-bond acceptors (Lipinski definition) is 3. The molecule has 0 bridgehead atoms. The van der Waals surface area contributed by atoms with Gasteiger partial charge in [-0.05, 0) is 0 Å². The third-order valence-corrected chi connectivity index (χ3v) is 2.17. The Kier molecular flexibility index (Phi) is 2.36. The first-order valence-electron chi connectivity index (χ1n) is 3.91. The van der Waals surface area contributed by atoms with E-state index >= 15 is 0 Å². The molecule has 0 unspecified atom stereocenters. The normalized spacial score (nSPS) is 11.2. The van der Waals surface area contributed by atoms with Gasteiger partial charge in [-0.3, -0.25) is 4.79 Å². The zero-order chi connectivity index (χ0) is 11.0. The highest BCUT2D eigenvalue weighted by atomic mass is 35.5. The van der Waals surface area contributed by atoms with Crippen molar-refractivity contribution in [1.82, 2.24) is 15.0 Å². The molecule has 7 heteroatoms. The van der Waals surface area contributed by atoms with Crippen molar-refractivity contribution in [2.45, 2.75) is 6.43 Å².